The van der Waals surface area contributed by atoms with Crippen LogP contribution in [0.5, 0.6) is 0 Å². The zero-order valence-electron chi connectivity index (χ0n) is 20.2. The topological polar surface area (TPSA) is 126 Å². The van der Waals surface area contributed by atoms with Gasteiger partial charge in [0.25, 0.3) is 0 Å². The van der Waals surface area contributed by atoms with Crippen molar-refractivity contribution in [1.29, 1.82) is 0 Å². The quantitative estimate of drug-likeness (QED) is 0.402. The summed E-state index contributed by atoms with van der Waals surface area (Å²) < 4.78 is 5.36. The van der Waals surface area contributed by atoms with E-state index in [1.165, 1.54) is 11.1 Å². The first-order valence-corrected chi connectivity index (χ1v) is 11.8. The number of pyridine rings is 2. The van der Waals surface area contributed by atoms with Gasteiger partial charge in [0.15, 0.2) is 0 Å². The van der Waals surface area contributed by atoms with Gasteiger partial charge in [0.2, 0.25) is 11.8 Å². The number of piperazine rings is 2. The van der Waals surface area contributed by atoms with Gasteiger partial charge in [-0.15, -0.1) is 0 Å². The Morgan fingerprint density at radius 1 is 0.972 bits per heavy atom. The number of aromatic nitrogens is 2. The molecule has 0 bridgehead atoms. The number of carbonyl (C=O) groups excluding carboxylic acids is 3. The van der Waals surface area contributed by atoms with Crippen molar-refractivity contribution in [3.05, 3.63) is 58.1 Å². The molecule has 2 atom stereocenters. The zero-order valence-corrected chi connectivity index (χ0v) is 25.9. The van der Waals surface area contributed by atoms with Crippen LogP contribution < -0.4 is 16.0 Å². The molecule has 2 aromatic rings. The molecule has 36 heavy (non-hydrogen) atoms. The summed E-state index contributed by atoms with van der Waals surface area (Å²) >= 11 is 11.4. The van der Waals surface area contributed by atoms with E-state index in [9.17, 15) is 14.4 Å². The van der Waals surface area contributed by atoms with E-state index in [1.54, 1.807) is 51.2 Å². The summed E-state index contributed by atoms with van der Waals surface area (Å²) in [6.45, 7) is 7.59. The van der Waals surface area contributed by atoms with E-state index in [-0.39, 0.29) is 50.4 Å². The standard InChI is InChI=1S/C14H18ClN3O3.C9H10ClN3O.U.H2/c1-14(2,3)21-13(20)18-7-6-16-12(19)11(18)9-4-5-10(15)17-8-9;10-7-2-1-6(5-13-7)8-9(14)12-4-3-11-8;;/h4-5,8,11H,6-7H2,1-3H3,(H,16,19);1-2,5,8,11H,3-4H2,(H,12,14);;1H/i;;;1+2. The first-order chi connectivity index (χ1) is 16.5. The van der Waals surface area contributed by atoms with Gasteiger partial charge in [-0.3, -0.25) is 14.5 Å². The molecule has 2 aliphatic rings. The summed E-state index contributed by atoms with van der Waals surface area (Å²) in [6, 6.07) is 5.71. The molecule has 0 radical (unpaired) electrons. The van der Waals surface area contributed by atoms with Crippen molar-refractivity contribution in [3.63, 3.8) is 0 Å². The molecule has 2 saturated heterocycles. The zero-order chi connectivity index (χ0) is 25.6. The third-order valence-electron chi connectivity index (χ3n) is 5.02. The van der Waals surface area contributed by atoms with Crippen LogP contribution in [0, 0.1) is 31.1 Å². The second-order valence-corrected chi connectivity index (χ2v) is 9.65. The molecule has 2 aliphatic heterocycles. The van der Waals surface area contributed by atoms with Crippen molar-refractivity contribution in [2.24, 2.45) is 0 Å². The van der Waals surface area contributed by atoms with Gasteiger partial charge >= 0.3 is 6.09 Å². The molecule has 4 heterocycles. The fourth-order valence-corrected chi connectivity index (χ4v) is 3.71. The smallest absolute Gasteiger partial charge is 0.411 e. The summed E-state index contributed by atoms with van der Waals surface area (Å²) in [4.78, 5) is 45.2. The van der Waals surface area contributed by atoms with Crippen LogP contribution in [-0.2, 0) is 14.3 Å². The average Bonchev–Trinajstić information content (AvgIpc) is 2.80. The van der Waals surface area contributed by atoms with Crippen molar-refractivity contribution >= 4 is 41.1 Å². The maximum atomic E-state index is 12.3. The number of nitrogens with zero attached hydrogens (tertiary/aromatic N) is 3. The molecule has 4 rings (SSSR count). The van der Waals surface area contributed by atoms with E-state index in [4.69, 9.17) is 27.9 Å². The Labute approximate surface area is 245 Å². The molecule has 13 heteroatoms. The van der Waals surface area contributed by atoms with Crippen LogP contribution in [0.4, 0.5) is 4.79 Å². The molecule has 3 amide bonds. The second-order valence-electron chi connectivity index (χ2n) is 8.87. The largest absolute Gasteiger partial charge is 0.444 e. The molecule has 0 spiro atoms. The Morgan fingerprint density at radius 2 is 1.56 bits per heavy atom. The third-order valence-corrected chi connectivity index (χ3v) is 5.47. The SMILES string of the molecule is CC(C)(C)OC(=O)N1CCNC(=O)C1c1ccc(Cl)nc1.O=C1NCCNC1c1ccc(Cl)nc1.[3HH].[U]. The van der Waals surface area contributed by atoms with E-state index in [2.05, 4.69) is 25.9 Å². The van der Waals surface area contributed by atoms with Crippen LogP contribution >= 0.6 is 23.2 Å². The molecule has 0 aromatic carbocycles. The van der Waals surface area contributed by atoms with Gasteiger partial charge in [0.1, 0.15) is 28.0 Å². The van der Waals surface area contributed by atoms with E-state index in [0.29, 0.717) is 35.5 Å². The summed E-state index contributed by atoms with van der Waals surface area (Å²) in [5.74, 6) is -0.267. The van der Waals surface area contributed by atoms with Gasteiger partial charge in [-0.25, -0.2) is 14.8 Å². The Balaban J connectivity index is 0.000000375. The van der Waals surface area contributed by atoms with E-state index >= 15 is 0 Å². The molecule has 10 nitrogen and oxygen atoms in total. The molecular weight excluding hydrogens is 733 g/mol. The number of rotatable bonds is 2. The predicted octanol–water partition coefficient (Wildman–Crippen LogP) is 2.88. The Morgan fingerprint density at radius 3 is 2.08 bits per heavy atom. The van der Waals surface area contributed by atoms with Gasteiger partial charge in [0.05, 0.1) is 0 Å². The van der Waals surface area contributed by atoms with Crippen molar-refractivity contribution in [2.45, 2.75) is 38.5 Å². The number of nitrogens with one attached hydrogen (secondary N) is 3. The monoisotopic (exact) mass is 764 g/mol. The molecule has 0 aliphatic carbocycles. The molecular formula is C23H30Cl2N6O4U. The van der Waals surface area contributed by atoms with Gasteiger partial charge in [-0.2, -0.15) is 0 Å². The maximum Gasteiger partial charge on any atom is 0.411 e. The van der Waals surface area contributed by atoms with Crippen molar-refractivity contribution in [2.75, 3.05) is 26.2 Å². The average molecular weight is 765 g/mol. The number of hydrogen-bond donors (Lipinski definition) is 3. The van der Waals surface area contributed by atoms with Crippen molar-refractivity contribution in [1.82, 2.24) is 30.8 Å². The fourth-order valence-electron chi connectivity index (χ4n) is 3.49. The van der Waals surface area contributed by atoms with Gasteiger partial charge in [0, 0.05) is 76.7 Å². The van der Waals surface area contributed by atoms with Crippen LogP contribution in [0.1, 0.15) is 45.4 Å². The Kier molecular flexibility index (Phi) is 11.4. The molecule has 0 saturated carbocycles. The number of carbonyl (C=O) groups is 3. The second kappa shape index (κ2) is 13.6. The number of hydrogen-bond acceptors (Lipinski definition) is 7. The Hall–Kier alpha value is -1.90. The minimum Gasteiger partial charge on any atom is -0.444 e. The van der Waals surface area contributed by atoms with Crippen LogP contribution in [0.25, 0.3) is 0 Å². The molecule has 3 N–H and O–H groups in total. The van der Waals surface area contributed by atoms with Crippen LogP contribution in [0.2, 0.25) is 10.3 Å². The third kappa shape index (κ3) is 8.60. The normalized spacial score (nSPS) is 19.6. The molecule has 194 valence electrons. The van der Waals surface area contributed by atoms with Gasteiger partial charge in [-0.1, -0.05) is 35.3 Å². The van der Waals surface area contributed by atoms with E-state index in [0.717, 1.165) is 12.1 Å². The van der Waals surface area contributed by atoms with Crippen LogP contribution in [-0.4, -0.2) is 64.6 Å². The summed E-state index contributed by atoms with van der Waals surface area (Å²) in [5, 5.41) is 9.40. The van der Waals surface area contributed by atoms with Crippen LogP contribution in [0.15, 0.2) is 36.7 Å². The summed E-state index contributed by atoms with van der Waals surface area (Å²) in [5.41, 5.74) is 0.822. The molecule has 2 fully saturated rings. The van der Waals surface area contributed by atoms with E-state index < -0.39 is 17.7 Å². The number of halogens is 2. The molecule has 2 aromatic heterocycles. The van der Waals surface area contributed by atoms with Gasteiger partial charge in [-0.05, 0) is 38.5 Å². The number of ether oxygens (including phenoxy) is 1. The molecule has 2 unspecified atom stereocenters. The first-order valence-electron chi connectivity index (χ1n) is 11.1. The minimum absolute atomic E-state index is 0. The predicted molar refractivity (Wildman–Crippen MR) is 133 cm³/mol. The van der Waals surface area contributed by atoms with Gasteiger partial charge < -0.3 is 20.7 Å². The fraction of sp³-hybridized carbons (Fsp3) is 0.435. The first kappa shape index (κ1) is 30.3. The summed E-state index contributed by atoms with van der Waals surface area (Å²) in [6.07, 6.45) is 2.59. The van der Waals surface area contributed by atoms with Crippen molar-refractivity contribution in [3.8, 4) is 0 Å². The minimum atomic E-state index is -0.752. The van der Waals surface area contributed by atoms with E-state index in [1.807, 2.05) is 0 Å². The Bertz CT molecular complexity index is 1060. The number of amides is 3. The van der Waals surface area contributed by atoms with Crippen LogP contribution in [0.3, 0.4) is 0 Å². The van der Waals surface area contributed by atoms with Crippen molar-refractivity contribution < 1.29 is 51.7 Å². The maximum absolute atomic E-state index is 12.3. The summed E-state index contributed by atoms with van der Waals surface area (Å²) in [7, 11) is 0.